The fourth-order valence-corrected chi connectivity index (χ4v) is 2.97. The van der Waals surface area contributed by atoms with Crippen molar-refractivity contribution in [2.45, 2.75) is 11.8 Å². The molecule has 9 nitrogen and oxygen atoms in total. The minimum absolute atomic E-state index is 0.0608. The number of sulfonamides is 1. The Hall–Kier alpha value is -2.98. The number of nitrogens with zero attached hydrogens (tertiary/aromatic N) is 1. The molecule has 0 atom stereocenters. The van der Waals surface area contributed by atoms with Crippen LogP contribution < -0.4 is 20.1 Å². The average Bonchev–Trinajstić information content (AvgIpc) is 2.66. The molecule has 0 radical (unpaired) electrons. The first kappa shape index (κ1) is 20.3. The molecular weight excluding hydrogens is 372 g/mol. The fraction of sp³-hybridized carbons (Fsp3) is 0.235. The topological polar surface area (TPSA) is 126 Å². The number of benzene rings is 1. The van der Waals surface area contributed by atoms with Crippen LogP contribution in [-0.4, -0.2) is 45.4 Å². The number of hydrogen-bond acceptors (Lipinski definition) is 6. The third kappa shape index (κ3) is 6.35. The smallest absolute Gasteiger partial charge is 0.243 e. The van der Waals surface area contributed by atoms with Crippen LogP contribution in [0, 0.1) is 6.92 Å². The molecule has 3 N–H and O–H groups in total. The van der Waals surface area contributed by atoms with Gasteiger partial charge in [-0.2, -0.15) is 0 Å². The van der Waals surface area contributed by atoms with E-state index in [-0.39, 0.29) is 11.4 Å². The van der Waals surface area contributed by atoms with E-state index in [0.717, 1.165) is 5.56 Å². The van der Waals surface area contributed by atoms with Crippen LogP contribution in [0.4, 0.5) is 5.69 Å². The molecule has 27 heavy (non-hydrogen) atoms. The Morgan fingerprint density at radius 3 is 2.33 bits per heavy atom. The van der Waals surface area contributed by atoms with Gasteiger partial charge < -0.3 is 15.4 Å². The van der Waals surface area contributed by atoms with Crippen LogP contribution in [-0.2, 0) is 19.6 Å². The first-order valence-electron chi connectivity index (χ1n) is 7.93. The highest BCUT2D eigenvalue weighted by Gasteiger charge is 2.15. The molecule has 2 aromatic rings. The Morgan fingerprint density at radius 2 is 1.74 bits per heavy atom. The van der Waals surface area contributed by atoms with Crippen LogP contribution in [0.1, 0.15) is 5.56 Å². The largest absolute Gasteiger partial charge is 0.481 e. The van der Waals surface area contributed by atoms with Gasteiger partial charge in [-0.15, -0.1) is 0 Å². The number of hydrogen-bond donors (Lipinski definition) is 3. The van der Waals surface area contributed by atoms with Gasteiger partial charge in [-0.25, -0.2) is 18.1 Å². The van der Waals surface area contributed by atoms with Crippen LogP contribution in [0.15, 0.2) is 47.5 Å². The van der Waals surface area contributed by atoms with Crippen molar-refractivity contribution in [3.05, 3.63) is 48.2 Å². The van der Waals surface area contributed by atoms with Gasteiger partial charge in [-0.05, 0) is 25.1 Å². The van der Waals surface area contributed by atoms with Gasteiger partial charge in [0.1, 0.15) is 0 Å². The van der Waals surface area contributed by atoms with E-state index in [1.54, 1.807) is 24.3 Å². The molecule has 2 rings (SSSR count). The molecule has 0 aliphatic rings. The lowest BCUT2D eigenvalue weighted by Crippen LogP contribution is -2.40. The van der Waals surface area contributed by atoms with Crippen molar-refractivity contribution in [2.75, 3.05) is 25.5 Å². The molecule has 0 saturated carbocycles. The van der Waals surface area contributed by atoms with Gasteiger partial charge in [-0.1, -0.05) is 17.7 Å². The second-order valence-corrected chi connectivity index (χ2v) is 7.32. The SMILES string of the molecule is COc1ccc(NC(=O)CNC(=O)CNS(=O)(=O)c2ccc(C)cc2)cn1. The highest BCUT2D eigenvalue weighted by Crippen LogP contribution is 2.11. The second kappa shape index (κ2) is 9.10. The molecule has 1 aromatic heterocycles. The second-order valence-electron chi connectivity index (χ2n) is 5.55. The molecule has 0 aliphatic carbocycles. The Morgan fingerprint density at radius 1 is 1.04 bits per heavy atom. The van der Waals surface area contributed by atoms with E-state index in [2.05, 4.69) is 20.3 Å². The Balaban J connectivity index is 1.78. The Labute approximate surface area is 157 Å². The minimum atomic E-state index is -3.80. The van der Waals surface area contributed by atoms with E-state index in [1.807, 2.05) is 6.92 Å². The molecule has 0 unspecified atom stereocenters. The maximum atomic E-state index is 12.1. The first-order chi connectivity index (χ1) is 12.8. The zero-order valence-corrected chi connectivity index (χ0v) is 15.7. The number of ether oxygens (including phenoxy) is 1. The third-order valence-electron chi connectivity index (χ3n) is 3.43. The van der Waals surface area contributed by atoms with Crippen LogP contribution in [0.2, 0.25) is 0 Å². The summed E-state index contributed by atoms with van der Waals surface area (Å²) in [4.78, 5) is 27.6. The van der Waals surface area contributed by atoms with Gasteiger partial charge in [0.15, 0.2) is 0 Å². The van der Waals surface area contributed by atoms with Crippen molar-refractivity contribution in [1.82, 2.24) is 15.0 Å². The number of pyridine rings is 1. The van der Waals surface area contributed by atoms with Gasteiger partial charge in [0.05, 0.1) is 37.0 Å². The number of methoxy groups -OCH3 is 1. The van der Waals surface area contributed by atoms with Crippen LogP contribution in [0.3, 0.4) is 0 Å². The van der Waals surface area contributed by atoms with Gasteiger partial charge in [0, 0.05) is 6.07 Å². The predicted octanol–water partition coefficient (Wildman–Crippen LogP) is 0.432. The van der Waals surface area contributed by atoms with Crippen molar-refractivity contribution in [2.24, 2.45) is 0 Å². The van der Waals surface area contributed by atoms with E-state index < -0.39 is 28.4 Å². The van der Waals surface area contributed by atoms with Gasteiger partial charge in [0.2, 0.25) is 27.7 Å². The van der Waals surface area contributed by atoms with Gasteiger partial charge in [0.25, 0.3) is 0 Å². The van der Waals surface area contributed by atoms with Crippen molar-refractivity contribution in [3.63, 3.8) is 0 Å². The van der Waals surface area contributed by atoms with E-state index in [9.17, 15) is 18.0 Å². The van der Waals surface area contributed by atoms with E-state index in [0.29, 0.717) is 11.6 Å². The van der Waals surface area contributed by atoms with Crippen molar-refractivity contribution < 1.29 is 22.7 Å². The molecule has 0 aliphatic heterocycles. The van der Waals surface area contributed by atoms with Crippen molar-refractivity contribution in [3.8, 4) is 5.88 Å². The number of aryl methyl sites for hydroxylation is 1. The zero-order valence-electron chi connectivity index (χ0n) is 14.9. The summed E-state index contributed by atoms with van der Waals surface area (Å²) in [7, 11) is -2.32. The van der Waals surface area contributed by atoms with Gasteiger partial charge in [-0.3, -0.25) is 9.59 Å². The molecule has 1 aromatic carbocycles. The summed E-state index contributed by atoms with van der Waals surface area (Å²) in [5.74, 6) is -0.701. The summed E-state index contributed by atoms with van der Waals surface area (Å²) in [5.41, 5.74) is 1.36. The Kier molecular flexibility index (Phi) is 6.85. The number of anilines is 1. The summed E-state index contributed by atoms with van der Waals surface area (Å²) >= 11 is 0. The number of nitrogens with one attached hydrogen (secondary N) is 3. The third-order valence-corrected chi connectivity index (χ3v) is 4.85. The monoisotopic (exact) mass is 392 g/mol. The lowest BCUT2D eigenvalue weighted by molar-refractivity contribution is -0.123. The fourth-order valence-electron chi connectivity index (χ4n) is 1.98. The molecular formula is C17H20N4O5S. The Bertz CT molecular complexity index is 896. The van der Waals surface area contributed by atoms with E-state index in [1.165, 1.54) is 25.4 Å². The number of aromatic nitrogens is 1. The standard InChI is InChI=1S/C17H20N4O5S/c1-12-3-6-14(7-4-12)27(24,25)20-11-15(22)18-10-16(23)21-13-5-8-17(26-2)19-9-13/h3-9,20H,10-11H2,1-2H3,(H,18,22)(H,21,23). The maximum Gasteiger partial charge on any atom is 0.243 e. The summed E-state index contributed by atoms with van der Waals surface area (Å²) in [6, 6.07) is 9.40. The molecule has 10 heteroatoms. The summed E-state index contributed by atoms with van der Waals surface area (Å²) in [6.45, 7) is 1.05. The zero-order chi connectivity index (χ0) is 19.9. The van der Waals surface area contributed by atoms with Crippen molar-refractivity contribution in [1.29, 1.82) is 0 Å². The summed E-state index contributed by atoms with van der Waals surface area (Å²) < 4.78 is 31.3. The van der Waals surface area contributed by atoms with Crippen LogP contribution in [0.25, 0.3) is 0 Å². The van der Waals surface area contributed by atoms with Crippen LogP contribution in [0.5, 0.6) is 5.88 Å². The molecule has 144 valence electrons. The highest BCUT2D eigenvalue weighted by molar-refractivity contribution is 7.89. The molecule has 0 fully saturated rings. The number of carbonyl (C=O) groups is 2. The maximum absolute atomic E-state index is 12.1. The molecule has 1 heterocycles. The lowest BCUT2D eigenvalue weighted by atomic mass is 10.2. The number of carbonyl (C=O) groups excluding carboxylic acids is 2. The lowest BCUT2D eigenvalue weighted by Gasteiger charge is -2.09. The average molecular weight is 392 g/mol. The van der Waals surface area contributed by atoms with E-state index in [4.69, 9.17) is 4.74 Å². The molecule has 0 bridgehead atoms. The van der Waals surface area contributed by atoms with Crippen molar-refractivity contribution >= 4 is 27.5 Å². The molecule has 0 spiro atoms. The summed E-state index contributed by atoms with van der Waals surface area (Å²) in [5, 5.41) is 4.88. The number of rotatable bonds is 8. The quantitative estimate of drug-likeness (QED) is 0.598. The predicted molar refractivity (Wildman–Crippen MR) is 98.8 cm³/mol. The molecule has 2 amide bonds. The van der Waals surface area contributed by atoms with Gasteiger partial charge >= 0.3 is 0 Å². The highest BCUT2D eigenvalue weighted by atomic mass is 32.2. The first-order valence-corrected chi connectivity index (χ1v) is 9.41. The summed E-state index contributed by atoms with van der Waals surface area (Å²) in [6.07, 6.45) is 1.41. The van der Waals surface area contributed by atoms with E-state index >= 15 is 0 Å². The minimum Gasteiger partial charge on any atom is -0.481 e. The molecule has 0 saturated heterocycles. The normalized spacial score (nSPS) is 10.9. The van der Waals surface area contributed by atoms with Crippen LogP contribution >= 0.6 is 0 Å². The number of amides is 2.